The quantitative estimate of drug-likeness (QED) is 0.691. The average molecular weight is 217 g/mol. The van der Waals surface area contributed by atoms with Crippen molar-refractivity contribution in [3.63, 3.8) is 0 Å². The van der Waals surface area contributed by atoms with Crippen LogP contribution in [0.5, 0.6) is 0 Å². The summed E-state index contributed by atoms with van der Waals surface area (Å²) < 4.78 is 2.20. The average Bonchev–Trinajstić information content (AvgIpc) is 2.60. The SMILES string of the molecule is CC1NC(C)C2C=Cc3c(ccn3C)C2N1. The summed E-state index contributed by atoms with van der Waals surface area (Å²) in [5.74, 6) is 0.561. The number of hydrogen-bond acceptors (Lipinski definition) is 2. The highest BCUT2D eigenvalue weighted by Gasteiger charge is 2.35. The van der Waals surface area contributed by atoms with Gasteiger partial charge in [-0.05, 0) is 31.6 Å². The summed E-state index contributed by atoms with van der Waals surface area (Å²) in [5.41, 5.74) is 2.78. The molecule has 0 aromatic carbocycles. The third-order valence-corrected chi connectivity index (χ3v) is 3.87. The Morgan fingerprint density at radius 2 is 2.06 bits per heavy atom. The molecule has 2 heterocycles. The molecule has 3 heteroatoms. The summed E-state index contributed by atoms with van der Waals surface area (Å²) in [6.07, 6.45) is 7.13. The van der Waals surface area contributed by atoms with Crippen molar-refractivity contribution in [3.8, 4) is 0 Å². The van der Waals surface area contributed by atoms with Gasteiger partial charge in [-0.3, -0.25) is 10.6 Å². The molecule has 1 aromatic rings. The van der Waals surface area contributed by atoms with E-state index in [1.807, 2.05) is 0 Å². The van der Waals surface area contributed by atoms with Gasteiger partial charge in [0.05, 0.1) is 6.17 Å². The first kappa shape index (κ1) is 10.1. The second-order valence-electron chi connectivity index (χ2n) is 5.03. The Morgan fingerprint density at radius 1 is 1.25 bits per heavy atom. The first-order valence-electron chi connectivity index (χ1n) is 6.02. The molecule has 1 saturated heterocycles. The highest BCUT2D eigenvalue weighted by atomic mass is 15.2. The van der Waals surface area contributed by atoms with E-state index in [9.17, 15) is 0 Å². The maximum Gasteiger partial charge on any atom is 0.0549 e. The van der Waals surface area contributed by atoms with Crippen molar-refractivity contribution in [1.29, 1.82) is 0 Å². The molecule has 0 amide bonds. The monoisotopic (exact) mass is 217 g/mol. The molecule has 86 valence electrons. The van der Waals surface area contributed by atoms with Gasteiger partial charge in [0.25, 0.3) is 0 Å². The molecule has 1 aliphatic heterocycles. The Morgan fingerprint density at radius 3 is 2.88 bits per heavy atom. The minimum absolute atomic E-state index is 0.385. The van der Waals surface area contributed by atoms with E-state index in [-0.39, 0.29) is 0 Å². The van der Waals surface area contributed by atoms with Crippen molar-refractivity contribution in [2.45, 2.75) is 32.1 Å². The molecule has 3 nitrogen and oxygen atoms in total. The van der Waals surface area contributed by atoms with Crippen molar-refractivity contribution >= 4 is 6.08 Å². The number of fused-ring (bicyclic) bond motifs is 3. The van der Waals surface area contributed by atoms with Crippen LogP contribution < -0.4 is 10.6 Å². The van der Waals surface area contributed by atoms with E-state index in [4.69, 9.17) is 0 Å². The molecule has 3 rings (SSSR count). The van der Waals surface area contributed by atoms with Crippen LogP contribution in [0.15, 0.2) is 18.3 Å². The lowest BCUT2D eigenvalue weighted by molar-refractivity contribution is 0.211. The molecule has 1 aliphatic carbocycles. The van der Waals surface area contributed by atoms with Gasteiger partial charge in [-0.2, -0.15) is 0 Å². The Labute approximate surface area is 96.5 Å². The molecule has 0 spiro atoms. The lowest BCUT2D eigenvalue weighted by Gasteiger charge is -2.42. The maximum atomic E-state index is 3.64. The highest BCUT2D eigenvalue weighted by molar-refractivity contribution is 5.56. The maximum absolute atomic E-state index is 3.64. The number of aryl methyl sites for hydroxylation is 1. The van der Waals surface area contributed by atoms with Crippen LogP contribution in [0.2, 0.25) is 0 Å². The molecule has 4 atom stereocenters. The largest absolute Gasteiger partial charge is 0.351 e. The number of nitrogens with zero attached hydrogens (tertiary/aromatic N) is 1. The molecule has 16 heavy (non-hydrogen) atoms. The minimum atomic E-state index is 0.385. The standard InChI is InChI=1S/C13H19N3/c1-8-10-4-5-12-11(6-7-16(12)3)13(10)15-9(2)14-8/h4-10,13-15H,1-3H3. The minimum Gasteiger partial charge on any atom is -0.351 e. The van der Waals surface area contributed by atoms with Crippen molar-refractivity contribution in [2.24, 2.45) is 13.0 Å². The predicted molar refractivity (Wildman–Crippen MR) is 65.9 cm³/mol. The van der Waals surface area contributed by atoms with Gasteiger partial charge in [0.2, 0.25) is 0 Å². The zero-order valence-electron chi connectivity index (χ0n) is 10.1. The second kappa shape index (κ2) is 3.47. The normalized spacial score (nSPS) is 36.9. The number of rotatable bonds is 0. The number of nitrogens with one attached hydrogen (secondary N) is 2. The van der Waals surface area contributed by atoms with Crippen LogP contribution in [-0.2, 0) is 7.05 Å². The molecular formula is C13H19N3. The van der Waals surface area contributed by atoms with Gasteiger partial charge in [0.1, 0.15) is 0 Å². The summed E-state index contributed by atoms with van der Waals surface area (Å²) in [6.45, 7) is 4.46. The smallest absolute Gasteiger partial charge is 0.0549 e. The first-order valence-corrected chi connectivity index (χ1v) is 6.02. The molecule has 1 fully saturated rings. The number of hydrogen-bond donors (Lipinski definition) is 2. The lowest BCUT2D eigenvalue weighted by Crippen LogP contribution is -2.57. The highest BCUT2D eigenvalue weighted by Crippen LogP contribution is 2.36. The van der Waals surface area contributed by atoms with Crippen LogP contribution in [0, 0.1) is 5.92 Å². The summed E-state index contributed by atoms with van der Waals surface area (Å²) in [5, 5.41) is 7.19. The van der Waals surface area contributed by atoms with Gasteiger partial charge in [-0.15, -0.1) is 0 Å². The van der Waals surface area contributed by atoms with Crippen LogP contribution in [0.4, 0.5) is 0 Å². The fourth-order valence-corrected chi connectivity index (χ4v) is 3.04. The zero-order valence-corrected chi connectivity index (χ0v) is 10.1. The van der Waals surface area contributed by atoms with Crippen LogP contribution in [0.3, 0.4) is 0 Å². The molecule has 4 unspecified atom stereocenters. The van der Waals surface area contributed by atoms with Crippen LogP contribution in [0.1, 0.15) is 31.1 Å². The van der Waals surface area contributed by atoms with Crippen LogP contribution >= 0.6 is 0 Å². The summed E-state index contributed by atoms with van der Waals surface area (Å²) in [6, 6.07) is 3.24. The van der Waals surface area contributed by atoms with Gasteiger partial charge in [-0.1, -0.05) is 6.08 Å². The Hall–Kier alpha value is -1.06. The molecule has 0 bridgehead atoms. The van der Waals surface area contributed by atoms with Crippen molar-refractivity contribution in [1.82, 2.24) is 15.2 Å². The predicted octanol–water partition coefficient (Wildman–Crippen LogP) is 1.64. The summed E-state index contributed by atoms with van der Waals surface area (Å²) in [4.78, 5) is 0. The fourth-order valence-electron chi connectivity index (χ4n) is 3.04. The van der Waals surface area contributed by atoms with Gasteiger partial charge in [0, 0.05) is 36.9 Å². The molecular weight excluding hydrogens is 198 g/mol. The topological polar surface area (TPSA) is 29.0 Å². The molecule has 2 N–H and O–H groups in total. The van der Waals surface area contributed by atoms with E-state index in [0.717, 1.165) is 0 Å². The Balaban J connectivity index is 2.03. The lowest BCUT2D eigenvalue weighted by atomic mass is 9.81. The Bertz CT molecular complexity index is 432. The molecule has 0 saturated carbocycles. The van der Waals surface area contributed by atoms with E-state index in [1.54, 1.807) is 0 Å². The third-order valence-electron chi connectivity index (χ3n) is 3.87. The van der Waals surface area contributed by atoms with Crippen molar-refractivity contribution in [3.05, 3.63) is 29.6 Å². The second-order valence-corrected chi connectivity index (χ2v) is 5.03. The van der Waals surface area contributed by atoms with Gasteiger partial charge >= 0.3 is 0 Å². The van der Waals surface area contributed by atoms with Crippen LogP contribution in [0.25, 0.3) is 6.08 Å². The van der Waals surface area contributed by atoms with E-state index in [1.165, 1.54) is 11.3 Å². The van der Waals surface area contributed by atoms with Crippen molar-refractivity contribution in [2.75, 3.05) is 0 Å². The molecule has 2 aliphatic rings. The van der Waals surface area contributed by atoms with Crippen molar-refractivity contribution < 1.29 is 0 Å². The van der Waals surface area contributed by atoms with Gasteiger partial charge in [0.15, 0.2) is 0 Å². The van der Waals surface area contributed by atoms with Gasteiger partial charge in [-0.25, -0.2) is 0 Å². The first-order chi connectivity index (χ1) is 7.66. The Kier molecular flexibility index (Phi) is 2.19. The summed E-state index contributed by atoms with van der Waals surface area (Å²) >= 11 is 0. The van der Waals surface area contributed by atoms with E-state index in [0.29, 0.717) is 24.2 Å². The number of aromatic nitrogens is 1. The van der Waals surface area contributed by atoms with E-state index < -0.39 is 0 Å². The van der Waals surface area contributed by atoms with E-state index >= 15 is 0 Å². The van der Waals surface area contributed by atoms with E-state index in [2.05, 4.69) is 60.5 Å². The molecule has 1 aromatic heterocycles. The van der Waals surface area contributed by atoms with Crippen LogP contribution in [-0.4, -0.2) is 16.8 Å². The zero-order chi connectivity index (χ0) is 11.3. The fraction of sp³-hybridized carbons (Fsp3) is 0.538. The molecule has 0 radical (unpaired) electrons. The van der Waals surface area contributed by atoms with Gasteiger partial charge < -0.3 is 4.57 Å². The third kappa shape index (κ3) is 1.35. The summed E-state index contributed by atoms with van der Waals surface area (Å²) in [7, 11) is 2.11.